The molecule has 1 atom stereocenters. The Labute approximate surface area is 213 Å². The first-order chi connectivity index (χ1) is 17.0. The molecule has 194 valence electrons. The number of carbonyl (C=O) groups excluding carboxylic acids is 1. The van der Waals surface area contributed by atoms with Crippen molar-refractivity contribution in [3.8, 4) is 11.1 Å². The zero-order chi connectivity index (χ0) is 26.6. The van der Waals surface area contributed by atoms with Crippen LogP contribution in [0.1, 0.15) is 63.8 Å². The number of nitrogens with one attached hydrogen (secondary N) is 2. The minimum atomic E-state index is -0.857. The molecule has 9 nitrogen and oxygen atoms in total. The van der Waals surface area contributed by atoms with Gasteiger partial charge in [-0.25, -0.2) is 18.6 Å². The number of hydrogen-bond donors (Lipinski definition) is 4. The average molecular weight is 522 g/mol. The molecule has 0 bridgehead atoms. The molecule has 0 radical (unpaired) electrons. The molecule has 5 N–H and O–H groups in total. The van der Waals surface area contributed by atoms with Crippen LogP contribution in [0.4, 0.5) is 13.6 Å². The van der Waals surface area contributed by atoms with Gasteiger partial charge in [-0.2, -0.15) is 10.2 Å². The first-order valence-corrected chi connectivity index (χ1v) is 11.8. The van der Waals surface area contributed by atoms with E-state index in [1.54, 1.807) is 6.92 Å². The standard InChI is InChI=1S/C24H30ClF2N7O2/c1-13(31-23(35)34(36)16-5-7-24(2,3)8-6-16)21-19(27)9-14(12-30-21)17-10-15(25)11-18(26)20(17)22(32-28)33-29-4/h9-13,16,36H,4-8,28H2,1-3H3,(H,31,35)(H,32,33). The van der Waals surface area contributed by atoms with Gasteiger partial charge in [-0.15, -0.1) is 0 Å². The molecule has 1 fully saturated rings. The van der Waals surface area contributed by atoms with Crippen LogP contribution in [0.3, 0.4) is 0 Å². The van der Waals surface area contributed by atoms with E-state index in [2.05, 4.69) is 46.5 Å². The van der Waals surface area contributed by atoms with Gasteiger partial charge in [-0.3, -0.25) is 15.6 Å². The zero-order valence-corrected chi connectivity index (χ0v) is 21.1. The Hall–Kier alpha value is -3.31. The number of rotatable bonds is 6. The van der Waals surface area contributed by atoms with E-state index in [1.165, 1.54) is 12.3 Å². The number of amidine groups is 1. The summed E-state index contributed by atoms with van der Waals surface area (Å²) < 4.78 is 29.9. The Bertz CT molecular complexity index is 1170. The lowest BCUT2D eigenvalue weighted by Gasteiger charge is -2.37. The number of hydrogen-bond acceptors (Lipinski definition) is 6. The third-order valence-corrected chi connectivity index (χ3v) is 6.62. The van der Waals surface area contributed by atoms with Gasteiger partial charge >= 0.3 is 6.03 Å². The molecule has 1 unspecified atom stereocenters. The number of nitrogens with zero attached hydrogens (tertiary/aromatic N) is 4. The molecule has 1 heterocycles. The average Bonchev–Trinajstić information content (AvgIpc) is 2.81. The smallest absolute Gasteiger partial charge is 0.328 e. The van der Waals surface area contributed by atoms with E-state index in [4.69, 9.17) is 17.4 Å². The third kappa shape index (κ3) is 6.08. The number of aromatic nitrogens is 1. The molecule has 0 spiro atoms. The van der Waals surface area contributed by atoms with Crippen LogP contribution in [0.15, 0.2) is 34.6 Å². The van der Waals surface area contributed by atoms with E-state index >= 15 is 4.39 Å². The van der Waals surface area contributed by atoms with Crippen molar-refractivity contribution in [1.29, 1.82) is 0 Å². The molecule has 1 saturated carbocycles. The molecule has 12 heteroatoms. The van der Waals surface area contributed by atoms with E-state index in [1.807, 2.05) is 0 Å². The highest BCUT2D eigenvalue weighted by Crippen LogP contribution is 2.36. The van der Waals surface area contributed by atoms with Crippen molar-refractivity contribution in [3.05, 3.63) is 52.3 Å². The van der Waals surface area contributed by atoms with Crippen molar-refractivity contribution in [2.75, 3.05) is 0 Å². The summed E-state index contributed by atoms with van der Waals surface area (Å²) in [5.41, 5.74) is 2.76. The lowest BCUT2D eigenvalue weighted by Crippen LogP contribution is -2.47. The van der Waals surface area contributed by atoms with Crippen LogP contribution >= 0.6 is 11.6 Å². The Morgan fingerprint density at radius 2 is 1.97 bits per heavy atom. The van der Waals surface area contributed by atoms with Gasteiger partial charge in [0.15, 0.2) is 5.84 Å². The Kier molecular flexibility index (Phi) is 8.47. The quantitative estimate of drug-likeness (QED) is 0.141. The van der Waals surface area contributed by atoms with E-state index in [0.717, 1.165) is 25.0 Å². The number of halogens is 3. The van der Waals surface area contributed by atoms with Gasteiger partial charge in [0, 0.05) is 23.5 Å². The van der Waals surface area contributed by atoms with Crippen molar-refractivity contribution in [1.82, 2.24) is 20.8 Å². The molecular weight excluding hydrogens is 492 g/mol. The second-order valence-electron chi connectivity index (χ2n) is 9.56. The Morgan fingerprint density at radius 3 is 2.56 bits per heavy atom. The molecule has 0 saturated heterocycles. The van der Waals surface area contributed by atoms with Gasteiger partial charge in [0.1, 0.15) is 11.6 Å². The van der Waals surface area contributed by atoms with Crippen molar-refractivity contribution < 1.29 is 18.8 Å². The maximum absolute atomic E-state index is 15.1. The lowest BCUT2D eigenvalue weighted by atomic mass is 9.75. The highest BCUT2D eigenvalue weighted by Gasteiger charge is 2.32. The van der Waals surface area contributed by atoms with Crippen LogP contribution < -0.4 is 16.6 Å². The fraction of sp³-hybridized carbons (Fsp3) is 0.417. The summed E-state index contributed by atoms with van der Waals surface area (Å²) in [5, 5.41) is 20.7. The van der Waals surface area contributed by atoms with Gasteiger partial charge in [-0.1, -0.05) is 25.4 Å². The highest BCUT2D eigenvalue weighted by molar-refractivity contribution is 6.31. The molecule has 1 aliphatic rings. The largest absolute Gasteiger partial charge is 0.341 e. The number of hydroxylamine groups is 2. The predicted molar refractivity (Wildman–Crippen MR) is 135 cm³/mol. The molecule has 2 amide bonds. The third-order valence-electron chi connectivity index (χ3n) is 6.40. The SMILES string of the molecule is C=NN/C(=N/N)c1c(F)cc(Cl)cc1-c1cnc(C(C)NC(=O)N(O)C2CCC(C)(C)CC2)c(F)c1. The van der Waals surface area contributed by atoms with Crippen LogP contribution in [0, 0.1) is 17.0 Å². The molecule has 3 rings (SSSR count). The summed E-state index contributed by atoms with van der Waals surface area (Å²) in [6, 6.07) is 1.70. The maximum Gasteiger partial charge on any atom is 0.341 e. The molecule has 1 aliphatic carbocycles. The van der Waals surface area contributed by atoms with Gasteiger partial charge in [0.2, 0.25) is 0 Å². The van der Waals surface area contributed by atoms with E-state index in [9.17, 15) is 14.4 Å². The monoisotopic (exact) mass is 521 g/mol. The van der Waals surface area contributed by atoms with Crippen LogP contribution in [-0.2, 0) is 0 Å². The number of urea groups is 1. The lowest BCUT2D eigenvalue weighted by molar-refractivity contribution is -0.0948. The number of pyridine rings is 1. The number of hydrazone groups is 2. The zero-order valence-electron chi connectivity index (χ0n) is 20.4. The highest BCUT2D eigenvalue weighted by atomic mass is 35.5. The number of carbonyl (C=O) groups is 1. The summed E-state index contributed by atoms with van der Waals surface area (Å²) in [6.07, 6.45) is 4.43. The molecule has 1 aromatic heterocycles. The van der Waals surface area contributed by atoms with Crippen molar-refractivity contribution in [2.24, 2.45) is 21.5 Å². The first kappa shape index (κ1) is 27.3. The van der Waals surface area contributed by atoms with Crippen molar-refractivity contribution in [2.45, 2.75) is 58.5 Å². The summed E-state index contributed by atoms with van der Waals surface area (Å²) in [5.74, 6) is 3.70. The number of amides is 2. The maximum atomic E-state index is 15.1. The van der Waals surface area contributed by atoms with Crippen LogP contribution in [0.5, 0.6) is 0 Å². The van der Waals surface area contributed by atoms with E-state index < -0.39 is 23.7 Å². The van der Waals surface area contributed by atoms with E-state index in [0.29, 0.717) is 17.9 Å². The normalized spacial score (nSPS) is 16.8. The second kappa shape index (κ2) is 11.2. The minimum Gasteiger partial charge on any atom is -0.328 e. The van der Waals surface area contributed by atoms with Crippen LogP contribution in [0.25, 0.3) is 11.1 Å². The summed E-state index contributed by atoms with van der Waals surface area (Å²) in [6.45, 7) is 9.12. The van der Waals surface area contributed by atoms with Gasteiger partial charge in [0.05, 0.1) is 23.3 Å². The van der Waals surface area contributed by atoms with E-state index in [-0.39, 0.29) is 44.7 Å². The summed E-state index contributed by atoms with van der Waals surface area (Å²) in [7, 11) is 0. The summed E-state index contributed by atoms with van der Waals surface area (Å²) >= 11 is 6.03. The van der Waals surface area contributed by atoms with Crippen molar-refractivity contribution in [3.63, 3.8) is 0 Å². The second-order valence-corrected chi connectivity index (χ2v) is 10.00. The van der Waals surface area contributed by atoms with Crippen LogP contribution in [0.2, 0.25) is 5.02 Å². The van der Waals surface area contributed by atoms with Crippen molar-refractivity contribution >= 4 is 30.2 Å². The van der Waals surface area contributed by atoms with Gasteiger partial charge in [-0.05, 0) is 61.8 Å². The summed E-state index contributed by atoms with van der Waals surface area (Å²) in [4.78, 5) is 16.7. The van der Waals surface area contributed by atoms with Gasteiger partial charge in [0.25, 0.3) is 0 Å². The fourth-order valence-electron chi connectivity index (χ4n) is 4.29. The molecular formula is C24H30ClF2N7O2. The minimum absolute atomic E-state index is 0.0621. The number of benzene rings is 1. The molecule has 36 heavy (non-hydrogen) atoms. The predicted octanol–water partition coefficient (Wildman–Crippen LogP) is 4.94. The first-order valence-electron chi connectivity index (χ1n) is 11.4. The Morgan fingerprint density at radius 1 is 1.31 bits per heavy atom. The number of nitrogens with two attached hydrogens (primary N) is 1. The molecule has 1 aromatic carbocycles. The van der Waals surface area contributed by atoms with Crippen LogP contribution in [-0.4, -0.2) is 39.9 Å². The molecule has 0 aliphatic heterocycles. The topological polar surface area (TPSA) is 128 Å². The fourth-order valence-corrected chi connectivity index (χ4v) is 4.50. The molecule has 2 aromatic rings. The Balaban J connectivity index is 1.82. The van der Waals surface area contributed by atoms with Gasteiger partial charge < -0.3 is 11.2 Å².